The number of nitrogens with zero attached hydrogens (tertiary/aromatic N) is 2. The minimum Gasteiger partial charge on any atom is -0.341 e. The molecule has 3 rings (SSSR count). The number of amides is 3. The summed E-state index contributed by atoms with van der Waals surface area (Å²) in [4.78, 5) is 40.1. The van der Waals surface area contributed by atoms with E-state index >= 15 is 0 Å². The van der Waals surface area contributed by atoms with E-state index in [9.17, 15) is 14.4 Å². The Kier molecular flexibility index (Phi) is 5.85. The number of fused-ring (bicyclic) bond motifs is 1. The van der Waals surface area contributed by atoms with Crippen LogP contribution in [0.15, 0.2) is 18.2 Å². The minimum atomic E-state index is -0.381. The Labute approximate surface area is 153 Å². The molecule has 1 saturated heterocycles. The van der Waals surface area contributed by atoms with E-state index in [-0.39, 0.29) is 42.7 Å². The molecule has 1 atom stereocenters. The molecule has 7 heteroatoms. The highest BCUT2D eigenvalue weighted by molar-refractivity contribution is 6.22. The molecule has 1 unspecified atom stereocenters. The first-order valence-electron chi connectivity index (χ1n) is 8.38. The molecular formula is C18H24ClN3O3. The quantitative estimate of drug-likeness (QED) is 0.824. The molecule has 136 valence electrons. The lowest BCUT2D eigenvalue weighted by Gasteiger charge is -2.34. The second-order valence-electron chi connectivity index (χ2n) is 6.82. The van der Waals surface area contributed by atoms with Crippen LogP contribution in [0.25, 0.3) is 0 Å². The van der Waals surface area contributed by atoms with Crippen LogP contribution >= 0.6 is 12.4 Å². The highest BCUT2D eigenvalue weighted by atomic mass is 35.5. The zero-order valence-electron chi connectivity index (χ0n) is 14.5. The monoisotopic (exact) mass is 365 g/mol. The van der Waals surface area contributed by atoms with Gasteiger partial charge >= 0.3 is 0 Å². The van der Waals surface area contributed by atoms with Gasteiger partial charge < -0.3 is 10.6 Å². The fourth-order valence-electron chi connectivity index (χ4n) is 3.46. The van der Waals surface area contributed by atoms with Crippen molar-refractivity contribution in [3.8, 4) is 0 Å². The lowest BCUT2D eigenvalue weighted by atomic mass is 9.91. The molecule has 2 heterocycles. The van der Waals surface area contributed by atoms with Crippen LogP contribution in [0.2, 0.25) is 0 Å². The van der Waals surface area contributed by atoms with Crippen molar-refractivity contribution in [2.45, 2.75) is 32.7 Å². The van der Waals surface area contributed by atoms with Crippen molar-refractivity contribution >= 4 is 30.1 Å². The molecule has 2 N–H and O–H groups in total. The third-order valence-electron chi connectivity index (χ3n) is 5.06. The van der Waals surface area contributed by atoms with Crippen LogP contribution in [0.5, 0.6) is 0 Å². The van der Waals surface area contributed by atoms with E-state index in [1.165, 1.54) is 0 Å². The average molecular weight is 366 g/mol. The Balaban J connectivity index is 0.00000225. The summed E-state index contributed by atoms with van der Waals surface area (Å²) in [5, 5.41) is 0. The number of likely N-dealkylation sites (tertiary alicyclic amines) is 1. The predicted octanol–water partition coefficient (Wildman–Crippen LogP) is 1.60. The van der Waals surface area contributed by atoms with Crippen molar-refractivity contribution in [1.82, 2.24) is 9.80 Å². The number of hydrogen-bond acceptors (Lipinski definition) is 4. The third kappa shape index (κ3) is 3.70. The van der Waals surface area contributed by atoms with Gasteiger partial charge in [0.1, 0.15) is 6.54 Å². The van der Waals surface area contributed by atoms with Gasteiger partial charge in [0.15, 0.2) is 0 Å². The molecule has 0 aliphatic carbocycles. The Morgan fingerprint density at radius 1 is 1.20 bits per heavy atom. The lowest BCUT2D eigenvalue weighted by Crippen LogP contribution is -2.47. The van der Waals surface area contributed by atoms with E-state index in [2.05, 4.69) is 0 Å². The van der Waals surface area contributed by atoms with Crippen LogP contribution in [-0.4, -0.2) is 53.2 Å². The van der Waals surface area contributed by atoms with Gasteiger partial charge in [0, 0.05) is 19.1 Å². The first-order valence-corrected chi connectivity index (χ1v) is 8.38. The van der Waals surface area contributed by atoms with Gasteiger partial charge in [-0.25, -0.2) is 0 Å². The van der Waals surface area contributed by atoms with Crippen molar-refractivity contribution in [1.29, 1.82) is 0 Å². The SMILES string of the molecule is Cc1ccc2c(c1)C(=O)N(CC(=O)N1CCC(C(C)N)CC1)C2=O.Cl. The van der Waals surface area contributed by atoms with Gasteiger partial charge in [-0.1, -0.05) is 11.6 Å². The Morgan fingerprint density at radius 3 is 2.40 bits per heavy atom. The van der Waals surface area contributed by atoms with Gasteiger partial charge in [-0.15, -0.1) is 12.4 Å². The molecule has 0 saturated carbocycles. The van der Waals surface area contributed by atoms with E-state index in [4.69, 9.17) is 5.73 Å². The van der Waals surface area contributed by atoms with Crippen molar-refractivity contribution in [2.24, 2.45) is 11.7 Å². The summed E-state index contributed by atoms with van der Waals surface area (Å²) < 4.78 is 0. The minimum absolute atomic E-state index is 0. The first-order chi connectivity index (χ1) is 11.4. The fourth-order valence-corrected chi connectivity index (χ4v) is 3.46. The zero-order chi connectivity index (χ0) is 17.4. The standard InChI is InChI=1S/C18H23N3O3.ClH/c1-11-3-4-14-15(9-11)18(24)21(17(14)23)10-16(22)20-7-5-13(6-8-20)12(2)19;/h3-4,9,12-13H,5-8,10,19H2,1-2H3;1H. The van der Waals surface area contributed by atoms with E-state index < -0.39 is 0 Å². The van der Waals surface area contributed by atoms with Crippen LogP contribution in [0.3, 0.4) is 0 Å². The summed E-state index contributed by atoms with van der Waals surface area (Å²) in [6.45, 7) is 4.94. The molecule has 1 aromatic carbocycles. The summed E-state index contributed by atoms with van der Waals surface area (Å²) in [6.07, 6.45) is 1.73. The average Bonchev–Trinajstić information content (AvgIpc) is 2.79. The number of hydrogen-bond donors (Lipinski definition) is 1. The number of carbonyl (C=O) groups is 3. The molecule has 25 heavy (non-hydrogen) atoms. The second-order valence-corrected chi connectivity index (χ2v) is 6.82. The smallest absolute Gasteiger partial charge is 0.262 e. The normalized spacial score (nSPS) is 18.8. The molecule has 1 aromatic rings. The van der Waals surface area contributed by atoms with Crippen LogP contribution in [0.4, 0.5) is 0 Å². The molecule has 3 amide bonds. The number of imide groups is 1. The molecule has 0 radical (unpaired) electrons. The van der Waals surface area contributed by atoms with E-state index in [1.54, 1.807) is 23.1 Å². The summed E-state index contributed by atoms with van der Waals surface area (Å²) in [6, 6.07) is 5.29. The topological polar surface area (TPSA) is 83.7 Å². The van der Waals surface area contributed by atoms with Gasteiger partial charge in [0.05, 0.1) is 11.1 Å². The maximum atomic E-state index is 12.5. The summed E-state index contributed by atoms with van der Waals surface area (Å²) in [5.41, 5.74) is 7.61. The molecule has 1 fully saturated rings. The molecule has 6 nitrogen and oxygen atoms in total. The van der Waals surface area contributed by atoms with Gasteiger partial charge in [0.25, 0.3) is 11.8 Å². The van der Waals surface area contributed by atoms with E-state index in [0.29, 0.717) is 30.1 Å². The summed E-state index contributed by atoms with van der Waals surface area (Å²) in [5.74, 6) is -0.507. The largest absolute Gasteiger partial charge is 0.341 e. The zero-order valence-corrected chi connectivity index (χ0v) is 15.3. The third-order valence-corrected chi connectivity index (χ3v) is 5.06. The van der Waals surface area contributed by atoms with Crippen LogP contribution in [0.1, 0.15) is 46.0 Å². The van der Waals surface area contributed by atoms with Crippen molar-refractivity contribution < 1.29 is 14.4 Å². The second kappa shape index (κ2) is 7.54. The molecule has 2 aliphatic rings. The maximum absolute atomic E-state index is 12.5. The van der Waals surface area contributed by atoms with Gasteiger partial charge in [-0.2, -0.15) is 0 Å². The number of benzene rings is 1. The highest BCUT2D eigenvalue weighted by Gasteiger charge is 2.37. The first kappa shape index (κ1) is 19.4. The molecule has 2 aliphatic heterocycles. The Morgan fingerprint density at radius 2 is 1.80 bits per heavy atom. The Hall–Kier alpha value is -1.92. The van der Waals surface area contributed by atoms with Crippen LogP contribution in [0, 0.1) is 12.8 Å². The number of carbonyl (C=O) groups excluding carboxylic acids is 3. The lowest BCUT2D eigenvalue weighted by molar-refractivity contribution is -0.132. The van der Waals surface area contributed by atoms with Crippen LogP contribution in [-0.2, 0) is 4.79 Å². The van der Waals surface area contributed by atoms with Gasteiger partial charge in [-0.05, 0) is 44.7 Å². The molecular weight excluding hydrogens is 342 g/mol. The number of aryl methyl sites for hydroxylation is 1. The van der Waals surface area contributed by atoms with Crippen molar-refractivity contribution in [3.05, 3.63) is 34.9 Å². The molecule has 0 bridgehead atoms. The molecule has 0 spiro atoms. The predicted molar refractivity (Wildman–Crippen MR) is 96.7 cm³/mol. The van der Waals surface area contributed by atoms with E-state index in [1.807, 2.05) is 13.8 Å². The number of halogens is 1. The van der Waals surface area contributed by atoms with E-state index in [0.717, 1.165) is 23.3 Å². The highest BCUT2D eigenvalue weighted by Crippen LogP contribution is 2.25. The summed E-state index contributed by atoms with van der Waals surface area (Å²) in [7, 11) is 0. The van der Waals surface area contributed by atoms with Gasteiger partial charge in [0.2, 0.25) is 5.91 Å². The molecule has 0 aromatic heterocycles. The number of nitrogens with two attached hydrogens (primary N) is 1. The van der Waals surface area contributed by atoms with Crippen molar-refractivity contribution in [2.75, 3.05) is 19.6 Å². The number of piperidine rings is 1. The summed E-state index contributed by atoms with van der Waals surface area (Å²) >= 11 is 0. The Bertz CT molecular complexity index is 697. The maximum Gasteiger partial charge on any atom is 0.262 e. The van der Waals surface area contributed by atoms with Gasteiger partial charge in [-0.3, -0.25) is 19.3 Å². The number of rotatable bonds is 3. The van der Waals surface area contributed by atoms with Crippen LogP contribution < -0.4 is 5.73 Å². The fraction of sp³-hybridized carbons (Fsp3) is 0.500. The van der Waals surface area contributed by atoms with Crippen molar-refractivity contribution in [3.63, 3.8) is 0 Å².